The van der Waals surface area contributed by atoms with E-state index < -0.39 is 48.8 Å². The maximum atomic E-state index is 14.9. The topological polar surface area (TPSA) is 115 Å². The molecule has 1 aliphatic heterocycles. The van der Waals surface area contributed by atoms with Gasteiger partial charge in [-0.05, 0) is 30.7 Å². The normalized spacial score (nSPS) is 26.5. The molecule has 3 aromatic rings. The van der Waals surface area contributed by atoms with Crippen molar-refractivity contribution < 1.29 is 39.1 Å². The molecule has 4 rings (SSSR count). The summed E-state index contributed by atoms with van der Waals surface area (Å²) in [7, 11) is 0. The molecule has 0 aliphatic carbocycles. The minimum Gasteiger partial charge on any atom is -0.508 e. The van der Waals surface area contributed by atoms with Gasteiger partial charge in [0.1, 0.15) is 47.9 Å². The van der Waals surface area contributed by atoms with Crippen LogP contribution in [0.1, 0.15) is 22.8 Å². The summed E-state index contributed by atoms with van der Waals surface area (Å²) in [4.78, 5) is 0. The summed E-state index contributed by atoms with van der Waals surface area (Å²) in [5, 5.41) is 50.1. The number of benzene rings is 2. The first-order chi connectivity index (χ1) is 14.7. The van der Waals surface area contributed by atoms with Gasteiger partial charge in [-0.2, -0.15) is 0 Å². The molecule has 0 saturated carbocycles. The van der Waals surface area contributed by atoms with Gasteiger partial charge in [-0.1, -0.05) is 6.07 Å². The number of aliphatic hydroxyl groups excluding tert-OH is 4. The summed E-state index contributed by atoms with van der Waals surface area (Å²) in [5.74, 6) is -1.46. The third-order valence-electron chi connectivity index (χ3n) is 5.68. The molecular formula is C22H23F2NO6. The summed E-state index contributed by atoms with van der Waals surface area (Å²) >= 11 is 0. The van der Waals surface area contributed by atoms with E-state index in [4.69, 9.17) is 4.74 Å². The second kappa shape index (κ2) is 8.18. The minimum atomic E-state index is -1.58. The van der Waals surface area contributed by atoms with Crippen molar-refractivity contribution in [3.63, 3.8) is 0 Å². The molecule has 2 aromatic carbocycles. The van der Waals surface area contributed by atoms with Gasteiger partial charge in [-0.25, -0.2) is 8.78 Å². The molecular weight excluding hydrogens is 412 g/mol. The molecule has 1 fully saturated rings. The van der Waals surface area contributed by atoms with E-state index in [0.29, 0.717) is 16.5 Å². The number of nitrogens with zero attached hydrogens (tertiary/aromatic N) is 1. The van der Waals surface area contributed by atoms with Crippen LogP contribution in [-0.4, -0.2) is 61.1 Å². The van der Waals surface area contributed by atoms with E-state index in [0.717, 1.165) is 6.07 Å². The van der Waals surface area contributed by atoms with Crippen molar-refractivity contribution >= 4 is 10.9 Å². The number of phenols is 1. The van der Waals surface area contributed by atoms with Crippen LogP contribution in [0.4, 0.5) is 8.78 Å². The third-order valence-corrected chi connectivity index (χ3v) is 5.68. The molecule has 0 bridgehead atoms. The number of aryl methyl sites for hydroxylation is 1. The van der Waals surface area contributed by atoms with Crippen molar-refractivity contribution in [1.29, 1.82) is 0 Å². The van der Waals surface area contributed by atoms with E-state index >= 15 is 0 Å². The van der Waals surface area contributed by atoms with Gasteiger partial charge in [-0.15, -0.1) is 0 Å². The maximum Gasteiger partial charge on any atom is 0.147 e. The highest BCUT2D eigenvalue weighted by atomic mass is 19.1. The third kappa shape index (κ3) is 3.79. The molecule has 166 valence electrons. The van der Waals surface area contributed by atoms with Crippen LogP contribution in [0.5, 0.6) is 5.75 Å². The number of hydrogen-bond donors (Lipinski definition) is 5. The molecule has 31 heavy (non-hydrogen) atoms. The zero-order valence-corrected chi connectivity index (χ0v) is 16.6. The quantitative estimate of drug-likeness (QED) is 0.424. The number of aliphatic hydroxyl groups is 4. The molecule has 5 atom stereocenters. The fraction of sp³-hybridized carbons (Fsp3) is 0.364. The molecule has 1 aliphatic rings. The first-order valence-corrected chi connectivity index (χ1v) is 9.78. The molecule has 0 spiro atoms. The van der Waals surface area contributed by atoms with E-state index in [1.54, 1.807) is 13.0 Å². The maximum absolute atomic E-state index is 14.9. The van der Waals surface area contributed by atoms with Crippen molar-refractivity contribution in [2.75, 3.05) is 6.61 Å². The van der Waals surface area contributed by atoms with Crippen LogP contribution in [0.2, 0.25) is 0 Å². The van der Waals surface area contributed by atoms with E-state index in [2.05, 4.69) is 0 Å². The number of aromatic hydroxyl groups is 1. The van der Waals surface area contributed by atoms with Gasteiger partial charge in [0.2, 0.25) is 0 Å². The molecule has 0 radical (unpaired) electrons. The lowest BCUT2D eigenvalue weighted by Gasteiger charge is -2.40. The van der Waals surface area contributed by atoms with Crippen LogP contribution in [0.25, 0.3) is 10.9 Å². The molecule has 1 saturated heterocycles. The van der Waals surface area contributed by atoms with Crippen molar-refractivity contribution in [3.05, 3.63) is 64.9 Å². The van der Waals surface area contributed by atoms with Gasteiger partial charge in [0.25, 0.3) is 0 Å². The summed E-state index contributed by atoms with van der Waals surface area (Å²) in [6.07, 6.45) is -5.43. The van der Waals surface area contributed by atoms with Crippen LogP contribution >= 0.6 is 0 Å². The van der Waals surface area contributed by atoms with Crippen molar-refractivity contribution in [2.45, 2.75) is 44.0 Å². The predicted molar refractivity (Wildman–Crippen MR) is 107 cm³/mol. The Kier molecular flexibility index (Phi) is 5.71. The molecule has 0 unspecified atom stereocenters. The second-order valence-electron chi connectivity index (χ2n) is 7.88. The Bertz CT molecular complexity index is 1120. The minimum absolute atomic E-state index is 0.0694. The van der Waals surface area contributed by atoms with Crippen LogP contribution < -0.4 is 0 Å². The van der Waals surface area contributed by atoms with E-state index in [9.17, 15) is 34.3 Å². The smallest absolute Gasteiger partial charge is 0.147 e. The molecule has 0 amide bonds. The van der Waals surface area contributed by atoms with Gasteiger partial charge >= 0.3 is 0 Å². The fourth-order valence-electron chi connectivity index (χ4n) is 4.11. The zero-order valence-electron chi connectivity index (χ0n) is 16.6. The lowest BCUT2D eigenvalue weighted by Crippen LogP contribution is -2.55. The van der Waals surface area contributed by atoms with Crippen LogP contribution in [0, 0.1) is 18.6 Å². The molecule has 1 aromatic heterocycles. The number of halogens is 2. The Morgan fingerprint density at radius 2 is 1.74 bits per heavy atom. The first kappa shape index (κ1) is 21.7. The van der Waals surface area contributed by atoms with Gasteiger partial charge in [0.05, 0.1) is 18.7 Å². The van der Waals surface area contributed by atoms with Crippen molar-refractivity contribution in [3.8, 4) is 5.75 Å². The number of phenolic OH excluding ortho intramolecular Hbond substituents is 1. The molecule has 9 heteroatoms. The molecule has 7 nitrogen and oxygen atoms in total. The van der Waals surface area contributed by atoms with Crippen molar-refractivity contribution in [1.82, 2.24) is 4.57 Å². The van der Waals surface area contributed by atoms with E-state index in [1.165, 1.54) is 29.0 Å². The zero-order chi connectivity index (χ0) is 22.4. The Morgan fingerprint density at radius 3 is 2.42 bits per heavy atom. The van der Waals surface area contributed by atoms with Crippen LogP contribution in [-0.2, 0) is 11.3 Å². The Labute approximate surface area is 176 Å². The van der Waals surface area contributed by atoms with Gasteiger partial charge in [0.15, 0.2) is 0 Å². The van der Waals surface area contributed by atoms with Gasteiger partial charge < -0.3 is 34.8 Å². The number of aromatic nitrogens is 1. The average molecular weight is 435 g/mol. The highest BCUT2D eigenvalue weighted by molar-refractivity contribution is 5.86. The van der Waals surface area contributed by atoms with E-state index in [-0.39, 0.29) is 23.4 Å². The SMILES string of the molecule is Cc1cc(F)c2c(c1)c([C@@H]1O[C@H](CO)[C@@H](O)[C@H](O)[C@H]1O)cn2Cc1ccc(O)cc1F. The monoisotopic (exact) mass is 435 g/mol. The molecule has 5 N–H and O–H groups in total. The van der Waals surface area contributed by atoms with Crippen LogP contribution in [0.15, 0.2) is 36.5 Å². The van der Waals surface area contributed by atoms with E-state index in [1.807, 2.05) is 0 Å². The van der Waals surface area contributed by atoms with Gasteiger partial charge in [0, 0.05) is 28.8 Å². The Balaban J connectivity index is 1.84. The number of ether oxygens (including phenoxy) is 1. The number of fused-ring (bicyclic) bond motifs is 1. The van der Waals surface area contributed by atoms with Gasteiger partial charge in [-0.3, -0.25) is 0 Å². The highest BCUT2D eigenvalue weighted by Crippen LogP contribution is 2.38. The van der Waals surface area contributed by atoms with Crippen molar-refractivity contribution in [2.24, 2.45) is 0 Å². The standard InChI is InChI=1S/C22H23F2NO6/c1-10-4-13-14(22-21(30)20(29)19(28)17(9-26)31-22)8-25(18(13)16(24)5-10)7-11-2-3-12(27)6-15(11)23/h2-6,8,17,19-22,26-30H,7,9H2,1H3/t17-,19-,20+,21-,22+/m1/s1. The largest absolute Gasteiger partial charge is 0.508 e. The predicted octanol–water partition coefficient (Wildman–Crippen LogP) is 1.50. The number of rotatable bonds is 4. The Morgan fingerprint density at radius 1 is 1.00 bits per heavy atom. The summed E-state index contributed by atoms with van der Waals surface area (Å²) < 4.78 is 36.4. The summed E-state index contributed by atoms with van der Waals surface area (Å²) in [5.41, 5.74) is 1.28. The first-order valence-electron chi connectivity index (χ1n) is 9.78. The average Bonchev–Trinajstić information content (AvgIpc) is 3.07. The lowest BCUT2D eigenvalue weighted by molar-refractivity contribution is -0.231. The van der Waals surface area contributed by atoms with Crippen LogP contribution in [0.3, 0.4) is 0 Å². The molecule has 2 heterocycles. The lowest BCUT2D eigenvalue weighted by atomic mass is 9.91. The Hall–Kier alpha value is -2.56. The summed E-state index contributed by atoms with van der Waals surface area (Å²) in [6.45, 7) is 1.03. The number of hydrogen-bond acceptors (Lipinski definition) is 6. The fourth-order valence-corrected chi connectivity index (χ4v) is 4.11. The summed E-state index contributed by atoms with van der Waals surface area (Å²) in [6, 6.07) is 6.67. The second-order valence-corrected chi connectivity index (χ2v) is 7.88. The highest BCUT2D eigenvalue weighted by Gasteiger charge is 2.45.